The molecule has 7 nitrogen and oxygen atoms in total. The SMILES string of the molecule is COc1ccc(Cl)cc1-c1nc(SCc2ccccc2[N+](=O)[O-])n[nH]1. The van der Waals surface area contributed by atoms with Crippen molar-refractivity contribution in [2.45, 2.75) is 10.9 Å². The highest BCUT2D eigenvalue weighted by Gasteiger charge is 2.15. The van der Waals surface area contributed by atoms with Crippen molar-refractivity contribution in [1.29, 1.82) is 0 Å². The number of halogens is 1. The van der Waals surface area contributed by atoms with E-state index in [4.69, 9.17) is 16.3 Å². The van der Waals surface area contributed by atoms with E-state index in [0.29, 0.717) is 38.6 Å². The molecule has 1 N–H and O–H groups in total. The molecule has 3 rings (SSSR count). The van der Waals surface area contributed by atoms with Gasteiger partial charge in [-0.05, 0) is 18.2 Å². The molecule has 0 saturated heterocycles. The molecule has 0 atom stereocenters. The Balaban J connectivity index is 1.79. The molecule has 0 unspecified atom stereocenters. The van der Waals surface area contributed by atoms with Crippen molar-refractivity contribution in [2.24, 2.45) is 0 Å². The maximum atomic E-state index is 11.1. The van der Waals surface area contributed by atoms with Gasteiger partial charge in [0.2, 0.25) is 5.16 Å². The minimum absolute atomic E-state index is 0.0854. The van der Waals surface area contributed by atoms with Gasteiger partial charge in [0.1, 0.15) is 5.75 Å². The Labute approximate surface area is 152 Å². The maximum absolute atomic E-state index is 11.1. The van der Waals surface area contributed by atoms with Crippen LogP contribution in [0.25, 0.3) is 11.4 Å². The van der Waals surface area contributed by atoms with Crippen LogP contribution in [0, 0.1) is 10.1 Å². The second-order valence-corrected chi connectivity index (χ2v) is 6.36. The van der Waals surface area contributed by atoms with Crippen LogP contribution in [0.4, 0.5) is 5.69 Å². The third kappa shape index (κ3) is 3.92. The monoisotopic (exact) mass is 376 g/mol. The Bertz CT molecular complexity index is 916. The third-order valence-corrected chi connectivity index (χ3v) is 4.56. The van der Waals surface area contributed by atoms with Gasteiger partial charge in [-0.2, -0.15) is 0 Å². The fraction of sp³-hybridized carbons (Fsp3) is 0.125. The summed E-state index contributed by atoms with van der Waals surface area (Å²) in [6, 6.07) is 11.8. The molecule has 0 fully saturated rings. The highest BCUT2D eigenvalue weighted by molar-refractivity contribution is 7.98. The predicted molar refractivity (Wildman–Crippen MR) is 96.0 cm³/mol. The number of hydrogen-bond donors (Lipinski definition) is 1. The first kappa shape index (κ1) is 17.2. The minimum atomic E-state index is -0.393. The number of para-hydroxylation sites is 1. The van der Waals surface area contributed by atoms with Crippen LogP contribution in [0.2, 0.25) is 5.02 Å². The number of methoxy groups -OCH3 is 1. The molecule has 0 bridgehead atoms. The molecule has 0 saturated carbocycles. The molecule has 0 aliphatic carbocycles. The molecule has 3 aromatic rings. The Morgan fingerprint density at radius 1 is 1.32 bits per heavy atom. The Morgan fingerprint density at radius 3 is 2.88 bits per heavy atom. The Kier molecular flexibility index (Phi) is 5.20. The van der Waals surface area contributed by atoms with Crippen molar-refractivity contribution >= 4 is 29.1 Å². The number of nitro benzene ring substituents is 1. The number of nitrogens with one attached hydrogen (secondary N) is 1. The molecule has 0 aliphatic rings. The van der Waals surface area contributed by atoms with Crippen LogP contribution < -0.4 is 4.74 Å². The van der Waals surface area contributed by atoms with Gasteiger partial charge < -0.3 is 4.74 Å². The number of benzene rings is 2. The molecule has 0 aliphatic heterocycles. The molecule has 1 aromatic heterocycles. The van der Waals surface area contributed by atoms with Gasteiger partial charge in [-0.25, -0.2) is 4.98 Å². The second-order valence-electron chi connectivity index (χ2n) is 4.99. The van der Waals surface area contributed by atoms with Gasteiger partial charge >= 0.3 is 0 Å². The summed E-state index contributed by atoms with van der Waals surface area (Å²) in [5, 5.41) is 19.1. The number of aromatic amines is 1. The highest BCUT2D eigenvalue weighted by atomic mass is 35.5. The molecule has 128 valence electrons. The van der Waals surface area contributed by atoms with Crippen LogP contribution in [0.5, 0.6) is 5.75 Å². The van der Waals surface area contributed by atoms with Crippen LogP contribution in [0.15, 0.2) is 47.6 Å². The zero-order chi connectivity index (χ0) is 17.8. The lowest BCUT2D eigenvalue weighted by molar-refractivity contribution is -0.385. The summed E-state index contributed by atoms with van der Waals surface area (Å²) in [7, 11) is 1.56. The standard InChI is InChI=1S/C16H13ClN4O3S/c1-24-14-7-6-11(17)8-12(14)15-18-16(20-19-15)25-9-10-4-2-3-5-13(10)21(22)23/h2-8H,9H2,1H3,(H,18,19,20). The summed E-state index contributed by atoms with van der Waals surface area (Å²) in [6.45, 7) is 0. The summed E-state index contributed by atoms with van der Waals surface area (Å²) < 4.78 is 5.31. The number of H-pyrrole nitrogens is 1. The topological polar surface area (TPSA) is 93.9 Å². The normalized spacial score (nSPS) is 10.6. The van der Waals surface area contributed by atoms with E-state index in [9.17, 15) is 10.1 Å². The zero-order valence-electron chi connectivity index (χ0n) is 13.1. The third-order valence-electron chi connectivity index (χ3n) is 3.43. The molecular formula is C16H13ClN4O3S. The first-order valence-electron chi connectivity index (χ1n) is 7.20. The average Bonchev–Trinajstić information content (AvgIpc) is 3.09. The van der Waals surface area contributed by atoms with Crippen molar-refractivity contribution in [3.8, 4) is 17.1 Å². The molecule has 0 spiro atoms. The summed E-state index contributed by atoms with van der Waals surface area (Å²) in [6.07, 6.45) is 0. The van der Waals surface area contributed by atoms with E-state index < -0.39 is 4.92 Å². The minimum Gasteiger partial charge on any atom is -0.496 e. The Hall–Kier alpha value is -2.58. The van der Waals surface area contributed by atoms with E-state index in [-0.39, 0.29) is 5.69 Å². The molecule has 0 amide bonds. The van der Waals surface area contributed by atoms with E-state index in [1.165, 1.54) is 17.8 Å². The number of rotatable bonds is 6. The van der Waals surface area contributed by atoms with Crippen LogP contribution >= 0.6 is 23.4 Å². The highest BCUT2D eigenvalue weighted by Crippen LogP contribution is 2.32. The predicted octanol–water partition coefficient (Wildman–Crippen LogP) is 4.33. The maximum Gasteiger partial charge on any atom is 0.273 e. The van der Waals surface area contributed by atoms with E-state index in [2.05, 4.69) is 15.2 Å². The van der Waals surface area contributed by atoms with Crippen LogP contribution in [-0.2, 0) is 5.75 Å². The summed E-state index contributed by atoms with van der Waals surface area (Å²) in [5.74, 6) is 1.53. The van der Waals surface area contributed by atoms with Crippen molar-refractivity contribution in [2.75, 3.05) is 7.11 Å². The Morgan fingerprint density at radius 2 is 2.12 bits per heavy atom. The van der Waals surface area contributed by atoms with Crippen molar-refractivity contribution in [3.63, 3.8) is 0 Å². The summed E-state index contributed by atoms with van der Waals surface area (Å²) >= 11 is 7.34. The number of nitrogens with zero attached hydrogens (tertiary/aromatic N) is 3. The van der Waals surface area contributed by atoms with Gasteiger partial charge in [0.25, 0.3) is 5.69 Å². The van der Waals surface area contributed by atoms with Gasteiger partial charge in [0.05, 0.1) is 17.6 Å². The number of aromatic nitrogens is 3. The van der Waals surface area contributed by atoms with E-state index in [1.54, 1.807) is 43.5 Å². The van der Waals surface area contributed by atoms with Gasteiger partial charge in [0.15, 0.2) is 5.82 Å². The molecule has 0 radical (unpaired) electrons. The molecule has 1 heterocycles. The lowest BCUT2D eigenvalue weighted by Crippen LogP contribution is -1.93. The quantitative estimate of drug-likeness (QED) is 0.391. The summed E-state index contributed by atoms with van der Waals surface area (Å²) in [5.41, 5.74) is 1.39. The largest absolute Gasteiger partial charge is 0.496 e. The molecular weight excluding hydrogens is 364 g/mol. The van der Waals surface area contributed by atoms with Crippen molar-refractivity contribution < 1.29 is 9.66 Å². The van der Waals surface area contributed by atoms with Gasteiger partial charge in [0, 0.05) is 22.4 Å². The molecule has 25 heavy (non-hydrogen) atoms. The van der Waals surface area contributed by atoms with Gasteiger partial charge in [-0.15, -0.1) is 5.10 Å². The van der Waals surface area contributed by atoms with Crippen LogP contribution in [0.3, 0.4) is 0 Å². The molecule has 2 aromatic carbocycles. The van der Waals surface area contributed by atoms with Crippen LogP contribution in [-0.4, -0.2) is 27.2 Å². The van der Waals surface area contributed by atoms with E-state index in [0.717, 1.165) is 0 Å². The van der Waals surface area contributed by atoms with Crippen LogP contribution in [0.1, 0.15) is 5.56 Å². The lowest BCUT2D eigenvalue weighted by Gasteiger charge is -2.05. The zero-order valence-corrected chi connectivity index (χ0v) is 14.7. The first-order chi connectivity index (χ1) is 12.1. The molecule has 9 heteroatoms. The van der Waals surface area contributed by atoms with E-state index >= 15 is 0 Å². The number of thioether (sulfide) groups is 1. The fourth-order valence-electron chi connectivity index (χ4n) is 2.25. The fourth-order valence-corrected chi connectivity index (χ4v) is 3.22. The number of ether oxygens (including phenoxy) is 1. The average molecular weight is 377 g/mol. The number of hydrogen-bond acceptors (Lipinski definition) is 6. The van der Waals surface area contributed by atoms with Crippen molar-refractivity contribution in [1.82, 2.24) is 15.2 Å². The second kappa shape index (κ2) is 7.54. The van der Waals surface area contributed by atoms with Gasteiger partial charge in [-0.3, -0.25) is 15.2 Å². The smallest absolute Gasteiger partial charge is 0.273 e. The van der Waals surface area contributed by atoms with Gasteiger partial charge in [-0.1, -0.05) is 41.6 Å². The lowest BCUT2D eigenvalue weighted by atomic mass is 10.2. The summed E-state index contributed by atoms with van der Waals surface area (Å²) in [4.78, 5) is 15.1. The number of nitro groups is 1. The van der Waals surface area contributed by atoms with E-state index in [1.807, 2.05) is 0 Å². The first-order valence-corrected chi connectivity index (χ1v) is 8.56. The van der Waals surface area contributed by atoms with Crippen molar-refractivity contribution in [3.05, 3.63) is 63.2 Å².